The molecule has 0 spiro atoms. The normalized spacial score (nSPS) is 11.7. The topological polar surface area (TPSA) is 66.4 Å². The van der Waals surface area contributed by atoms with Crippen LogP contribution in [0.2, 0.25) is 0 Å². The van der Waals surface area contributed by atoms with Crippen molar-refractivity contribution in [2.75, 3.05) is 0 Å². The van der Waals surface area contributed by atoms with Gasteiger partial charge >= 0.3 is 5.97 Å². The zero-order valence-electron chi connectivity index (χ0n) is 10.7. The van der Waals surface area contributed by atoms with Gasteiger partial charge in [-0.2, -0.15) is 0 Å². The van der Waals surface area contributed by atoms with E-state index in [1.54, 1.807) is 12.1 Å². The first kappa shape index (κ1) is 16.4. The van der Waals surface area contributed by atoms with Crippen LogP contribution in [0, 0.1) is 5.82 Å². The van der Waals surface area contributed by atoms with Gasteiger partial charge in [0.1, 0.15) is 11.9 Å². The van der Waals surface area contributed by atoms with E-state index in [2.05, 4.69) is 27.8 Å². The number of aliphatic carboxylic acids is 1. The smallest absolute Gasteiger partial charge is 0.326 e. The molecule has 1 atom stereocenters. The number of hydrogen-bond donors (Lipinski definition) is 2. The Hall–Kier alpha value is -1.69. The Morgan fingerprint density at radius 2 is 2.20 bits per heavy atom. The second-order valence-electron chi connectivity index (χ2n) is 4.25. The van der Waals surface area contributed by atoms with Gasteiger partial charge in [-0.15, -0.1) is 6.58 Å². The van der Waals surface area contributed by atoms with E-state index in [-0.39, 0.29) is 12.8 Å². The molecule has 1 amide bonds. The summed E-state index contributed by atoms with van der Waals surface area (Å²) in [4.78, 5) is 22.7. The van der Waals surface area contributed by atoms with Gasteiger partial charge in [0.25, 0.3) is 0 Å². The molecule has 0 aliphatic rings. The quantitative estimate of drug-likeness (QED) is 0.748. The van der Waals surface area contributed by atoms with Crippen molar-refractivity contribution in [2.45, 2.75) is 25.3 Å². The maximum absolute atomic E-state index is 13.3. The Labute approximate surface area is 124 Å². The first-order valence-corrected chi connectivity index (χ1v) is 6.80. The second kappa shape index (κ2) is 7.79. The lowest BCUT2D eigenvalue weighted by Crippen LogP contribution is -2.41. The van der Waals surface area contributed by atoms with Crippen LogP contribution in [0.3, 0.4) is 0 Å². The van der Waals surface area contributed by atoms with Gasteiger partial charge in [-0.05, 0) is 46.5 Å². The van der Waals surface area contributed by atoms with Crippen molar-refractivity contribution in [3.05, 3.63) is 46.7 Å². The van der Waals surface area contributed by atoms with Crippen LogP contribution in [0.15, 0.2) is 35.3 Å². The van der Waals surface area contributed by atoms with Crippen molar-refractivity contribution in [3.8, 4) is 0 Å². The molecule has 0 saturated carbocycles. The Morgan fingerprint density at radius 1 is 1.50 bits per heavy atom. The molecule has 108 valence electrons. The van der Waals surface area contributed by atoms with Crippen LogP contribution in [0.4, 0.5) is 4.39 Å². The molecular weight excluding hydrogens is 329 g/mol. The zero-order chi connectivity index (χ0) is 15.1. The van der Waals surface area contributed by atoms with Crippen LogP contribution in [0.5, 0.6) is 0 Å². The molecule has 0 saturated heterocycles. The summed E-state index contributed by atoms with van der Waals surface area (Å²) in [5.41, 5.74) is 0.482. The molecule has 0 bridgehead atoms. The molecule has 20 heavy (non-hydrogen) atoms. The first-order chi connectivity index (χ1) is 9.43. The number of benzene rings is 1. The fourth-order valence-electron chi connectivity index (χ4n) is 1.62. The number of rotatable bonds is 7. The molecule has 4 nitrogen and oxygen atoms in total. The molecule has 1 aromatic carbocycles. The number of carbonyl (C=O) groups is 2. The van der Waals surface area contributed by atoms with E-state index in [4.69, 9.17) is 5.11 Å². The minimum Gasteiger partial charge on any atom is -0.480 e. The third-order valence-corrected chi connectivity index (χ3v) is 3.28. The lowest BCUT2D eigenvalue weighted by atomic mass is 10.1. The molecule has 0 heterocycles. The number of carboxylic acid groups (broad SMARTS) is 1. The molecule has 6 heteroatoms. The van der Waals surface area contributed by atoms with E-state index >= 15 is 0 Å². The van der Waals surface area contributed by atoms with Crippen molar-refractivity contribution >= 4 is 27.8 Å². The molecule has 1 unspecified atom stereocenters. The SMILES string of the molecule is C=CCCC(NC(=O)Cc1ccc(Br)c(F)c1)C(=O)O. The fourth-order valence-corrected chi connectivity index (χ4v) is 1.87. The van der Waals surface area contributed by atoms with Gasteiger partial charge in [0, 0.05) is 0 Å². The zero-order valence-corrected chi connectivity index (χ0v) is 12.3. The fraction of sp³-hybridized carbons (Fsp3) is 0.286. The average Bonchev–Trinajstić information content (AvgIpc) is 2.38. The molecule has 2 N–H and O–H groups in total. The number of allylic oxidation sites excluding steroid dienone is 1. The predicted octanol–water partition coefficient (Wildman–Crippen LogP) is 2.67. The number of amides is 1. The van der Waals surface area contributed by atoms with E-state index in [9.17, 15) is 14.0 Å². The average molecular weight is 344 g/mol. The number of carbonyl (C=O) groups excluding carboxylic acids is 1. The van der Waals surface area contributed by atoms with Gasteiger partial charge in [0.15, 0.2) is 0 Å². The molecule has 1 aromatic rings. The molecule has 0 fully saturated rings. The highest BCUT2D eigenvalue weighted by Crippen LogP contribution is 2.16. The summed E-state index contributed by atoms with van der Waals surface area (Å²) >= 11 is 3.02. The molecule has 0 aromatic heterocycles. The Bertz CT molecular complexity index is 519. The van der Waals surface area contributed by atoms with Crippen molar-refractivity contribution < 1.29 is 19.1 Å². The lowest BCUT2D eigenvalue weighted by Gasteiger charge is -2.13. The summed E-state index contributed by atoms with van der Waals surface area (Å²) in [7, 11) is 0. The third-order valence-electron chi connectivity index (χ3n) is 2.64. The van der Waals surface area contributed by atoms with Gasteiger partial charge < -0.3 is 10.4 Å². The third kappa shape index (κ3) is 5.13. The standard InChI is InChI=1S/C14H15BrFNO3/c1-2-3-4-12(14(19)20)17-13(18)8-9-5-6-10(15)11(16)7-9/h2,5-7,12H,1,3-4,8H2,(H,17,18)(H,19,20). The number of hydrogen-bond acceptors (Lipinski definition) is 2. The largest absolute Gasteiger partial charge is 0.480 e. The Balaban J connectivity index is 2.62. The van der Waals surface area contributed by atoms with E-state index in [1.807, 2.05) is 0 Å². The van der Waals surface area contributed by atoms with Crippen molar-refractivity contribution in [3.63, 3.8) is 0 Å². The second-order valence-corrected chi connectivity index (χ2v) is 5.10. The van der Waals surface area contributed by atoms with Gasteiger partial charge in [0.05, 0.1) is 10.9 Å². The summed E-state index contributed by atoms with van der Waals surface area (Å²) in [5, 5.41) is 11.4. The summed E-state index contributed by atoms with van der Waals surface area (Å²) in [6.45, 7) is 3.51. The minimum atomic E-state index is -1.10. The van der Waals surface area contributed by atoms with E-state index < -0.39 is 23.7 Å². The lowest BCUT2D eigenvalue weighted by molar-refractivity contribution is -0.141. The van der Waals surface area contributed by atoms with E-state index in [0.29, 0.717) is 16.5 Å². The van der Waals surface area contributed by atoms with Crippen LogP contribution >= 0.6 is 15.9 Å². The Morgan fingerprint density at radius 3 is 2.75 bits per heavy atom. The highest BCUT2D eigenvalue weighted by Gasteiger charge is 2.19. The highest BCUT2D eigenvalue weighted by molar-refractivity contribution is 9.10. The first-order valence-electron chi connectivity index (χ1n) is 6.01. The molecule has 0 aliphatic carbocycles. The monoisotopic (exact) mass is 343 g/mol. The Kier molecular flexibility index (Phi) is 6.38. The maximum Gasteiger partial charge on any atom is 0.326 e. The van der Waals surface area contributed by atoms with Crippen LogP contribution in [-0.4, -0.2) is 23.0 Å². The van der Waals surface area contributed by atoms with Crippen LogP contribution in [0.1, 0.15) is 18.4 Å². The molecule has 0 radical (unpaired) electrons. The van der Waals surface area contributed by atoms with Gasteiger partial charge in [-0.1, -0.05) is 12.1 Å². The highest BCUT2D eigenvalue weighted by atomic mass is 79.9. The van der Waals surface area contributed by atoms with Crippen molar-refractivity contribution in [1.29, 1.82) is 0 Å². The number of halogens is 2. The van der Waals surface area contributed by atoms with Crippen LogP contribution in [0.25, 0.3) is 0 Å². The van der Waals surface area contributed by atoms with Crippen LogP contribution < -0.4 is 5.32 Å². The van der Waals surface area contributed by atoms with Gasteiger partial charge in [0.2, 0.25) is 5.91 Å². The van der Waals surface area contributed by atoms with Crippen LogP contribution in [-0.2, 0) is 16.0 Å². The van der Waals surface area contributed by atoms with Gasteiger partial charge in [-0.25, -0.2) is 9.18 Å². The summed E-state index contributed by atoms with van der Waals surface area (Å²) in [6.07, 6.45) is 2.29. The van der Waals surface area contributed by atoms with Crippen molar-refractivity contribution in [1.82, 2.24) is 5.32 Å². The van der Waals surface area contributed by atoms with E-state index in [0.717, 1.165) is 0 Å². The molecule has 0 aliphatic heterocycles. The maximum atomic E-state index is 13.3. The molecule has 1 rings (SSSR count). The minimum absolute atomic E-state index is 0.0674. The van der Waals surface area contributed by atoms with E-state index in [1.165, 1.54) is 12.1 Å². The number of nitrogens with one attached hydrogen (secondary N) is 1. The number of carboxylic acids is 1. The van der Waals surface area contributed by atoms with Gasteiger partial charge in [-0.3, -0.25) is 4.79 Å². The summed E-state index contributed by atoms with van der Waals surface area (Å²) in [5.74, 6) is -2.01. The summed E-state index contributed by atoms with van der Waals surface area (Å²) in [6, 6.07) is 3.39. The van der Waals surface area contributed by atoms with Crippen molar-refractivity contribution in [2.24, 2.45) is 0 Å². The molecular formula is C14H15BrFNO3. The summed E-state index contributed by atoms with van der Waals surface area (Å²) < 4.78 is 13.6. The predicted molar refractivity (Wildman–Crippen MR) is 76.8 cm³/mol.